The van der Waals surface area contributed by atoms with Gasteiger partial charge in [0.2, 0.25) is 0 Å². The fraction of sp³-hybridized carbons (Fsp3) is 0. The zero-order valence-electron chi connectivity index (χ0n) is 11.2. The van der Waals surface area contributed by atoms with Gasteiger partial charge in [-0.05, 0) is 30.7 Å². The highest BCUT2D eigenvalue weighted by molar-refractivity contribution is 7.80. The molecule has 0 atom stereocenters. The lowest BCUT2D eigenvalue weighted by Crippen LogP contribution is -2.21. The Bertz CT molecular complexity index is 687. The number of hydrogen-bond acceptors (Lipinski definition) is 0. The molecule has 104 valence electrons. The lowest BCUT2D eigenvalue weighted by Gasteiger charge is -2.20. The highest BCUT2D eigenvalue weighted by Gasteiger charge is 2.18. The molecule has 0 nitrogen and oxygen atoms in total. The number of hydrogen-bond donors (Lipinski definition) is 0. The van der Waals surface area contributed by atoms with Gasteiger partial charge in [-0.3, -0.25) is 0 Å². The zero-order valence-corrected chi connectivity index (χ0v) is 13.6. The predicted molar refractivity (Wildman–Crippen MR) is 95.2 cm³/mol. The van der Waals surface area contributed by atoms with Crippen molar-refractivity contribution in [1.82, 2.24) is 0 Å². The third-order valence-corrected chi connectivity index (χ3v) is 6.36. The largest absolute Gasteiger partial charge is 0.0843 e. The van der Waals surface area contributed by atoms with E-state index in [4.69, 9.17) is 23.2 Å². The van der Waals surface area contributed by atoms with Gasteiger partial charge in [0, 0.05) is 10.3 Å². The van der Waals surface area contributed by atoms with Crippen molar-refractivity contribution in [2.45, 2.75) is 0 Å². The lowest BCUT2D eigenvalue weighted by atomic mass is 10.3. The van der Waals surface area contributed by atoms with Crippen molar-refractivity contribution < 1.29 is 0 Å². The van der Waals surface area contributed by atoms with E-state index in [2.05, 4.69) is 48.5 Å². The van der Waals surface area contributed by atoms with Crippen LogP contribution >= 0.6 is 31.1 Å². The molecule has 0 N–H and O–H groups in total. The monoisotopic (exact) mass is 330 g/mol. The summed E-state index contributed by atoms with van der Waals surface area (Å²) in [6.07, 6.45) is 0. The molecule has 0 spiro atoms. The fourth-order valence-corrected chi connectivity index (χ4v) is 5.20. The average molecular weight is 331 g/mol. The molecule has 21 heavy (non-hydrogen) atoms. The molecule has 3 aromatic rings. The molecule has 3 rings (SSSR count). The summed E-state index contributed by atoms with van der Waals surface area (Å²) >= 11 is 12.5. The summed E-state index contributed by atoms with van der Waals surface area (Å²) in [6, 6.07) is 26.7. The molecule has 0 aliphatic rings. The Hall–Kier alpha value is -1.33. The first-order valence-electron chi connectivity index (χ1n) is 6.61. The van der Waals surface area contributed by atoms with Gasteiger partial charge < -0.3 is 0 Å². The van der Waals surface area contributed by atoms with Crippen LogP contribution in [0.4, 0.5) is 0 Å². The van der Waals surface area contributed by atoms with Gasteiger partial charge in [-0.15, -0.1) is 0 Å². The van der Waals surface area contributed by atoms with E-state index in [1.165, 1.54) is 10.6 Å². The van der Waals surface area contributed by atoms with Crippen molar-refractivity contribution in [3.05, 3.63) is 88.9 Å². The summed E-state index contributed by atoms with van der Waals surface area (Å²) in [5, 5.41) is 5.08. The van der Waals surface area contributed by atoms with E-state index in [0.29, 0.717) is 5.02 Å². The van der Waals surface area contributed by atoms with Crippen LogP contribution < -0.4 is 15.9 Å². The van der Waals surface area contributed by atoms with Crippen molar-refractivity contribution >= 4 is 47.0 Å². The molecule has 3 aromatic carbocycles. The maximum Gasteiger partial charge on any atom is 0.0504 e. The maximum atomic E-state index is 6.46. The summed E-state index contributed by atoms with van der Waals surface area (Å²) in [7, 11) is -0.670. The summed E-state index contributed by atoms with van der Waals surface area (Å²) in [4.78, 5) is 0. The molecule has 0 aromatic heterocycles. The van der Waals surface area contributed by atoms with E-state index in [0.717, 1.165) is 10.3 Å². The Balaban J connectivity index is 2.17. The fourth-order valence-electron chi connectivity index (χ4n) is 2.24. The van der Waals surface area contributed by atoms with Crippen LogP contribution in [0.15, 0.2) is 78.9 Å². The molecule has 0 saturated heterocycles. The van der Waals surface area contributed by atoms with Gasteiger partial charge in [-0.1, -0.05) is 89.9 Å². The molecule has 3 heteroatoms. The van der Waals surface area contributed by atoms with Gasteiger partial charge in [0.05, 0.1) is 5.02 Å². The van der Waals surface area contributed by atoms with E-state index in [1.807, 2.05) is 30.3 Å². The second-order valence-corrected chi connectivity index (χ2v) is 7.63. The summed E-state index contributed by atoms with van der Waals surface area (Å²) in [6.45, 7) is 0. The van der Waals surface area contributed by atoms with Gasteiger partial charge in [0.1, 0.15) is 0 Å². The highest BCUT2D eigenvalue weighted by atomic mass is 35.5. The number of rotatable bonds is 3. The molecule has 0 unspecified atom stereocenters. The van der Waals surface area contributed by atoms with Gasteiger partial charge in [0.25, 0.3) is 0 Å². The van der Waals surface area contributed by atoms with Crippen LogP contribution in [0.1, 0.15) is 0 Å². The maximum absolute atomic E-state index is 6.46. The van der Waals surface area contributed by atoms with Gasteiger partial charge in [-0.25, -0.2) is 0 Å². The summed E-state index contributed by atoms with van der Waals surface area (Å²) in [5.74, 6) is 0. The van der Waals surface area contributed by atoms with Crippen molar-refractivity contribution in [3.8, 4) is 0 Å². The Morgan fingerprint density at radius 2 is 1.14 bits per heavy atom. The Labute approximate surface area is 136 Å². The zero-order chi connectivity index (χ0) is 14.7. The average Bonchev–Trinajstić information content (AvgIpc) is 2.52. The van der Waals surface area contributed by atoms with E-state index in [9.17, 15) is 0 Å². The summed E-state index contributed by atoms with van der Waals surface area (Å²) in [5.41, 5.74) is 0. The van der Waals surface area contributed by atoms with Crippen LogP contribution in [0.25, 0.3) is 0 Å². The number of halogens is 2. The minimum Gasteiger partial charge on any atom is -0.0843 e. The standard InChI is InChI=1S/C18H13Cl2P/c19-14-11-12-18(17(20)13-14)21(15-7-3-1-4-8-15)16-9-5-2-6-10-16/h1-13H. The Kier molecular flexibility index (Phi) is 4.60. The highest BCUT2D eigenvalue weighted by Crippen LogP contribution is 2.36. The molecule has 0 aliphatic carbocycles. The Morgan fingerprint density at radius 3 is 1.62 bits per heavy atom. The quantitative estimate of drug-likeness (QED) is 0.608. The Morgan fingerprint density at radius 1 is 0.619 bits per heavy atom. The van der Waals surface area contributed by atoms with E-state index in [-0.39, 0.29) is 0 Å². The van der Waals surface area contributed by atoms with Crippen LogP contribution in [0, 0.1) is 0 Å². The molecule has 0 heterocycles. The normalized spacial score (nSPS) is 10.8. The first-order valence-corrected chi connectivity index (χ1v) is 8.71. The van der Waals surface area contributed by atoms with Crippen molar-refractivity contribution in [1.29, 1.82) is 0 Å². The first kappa shape index (κ1) is 14.6. The van der Waals surface area contributed by atoms with E-state index in [1.54, 1.807) is 0 Å². The van der Waals surface area contributed by atoms with Crippen LogP contribution in [0.3, 0.4) is 0 Å². The minimum absolute atomic E-state index is 0.667. The van der Waals surface area contributed by atoms with Gasteiger partial charge >= 0.3 is 0 Å². The SMILES string of the molecule is Clc1ccc(P(c2ccccc2)c2ccccc2)c(Cl)c1. The van der Waals surface area contributed by atoms with Crippen molar-refractivity contribution in [3.63, 3.8) is 0 Å². The van der Waals surface area contributed by atoms with E-state index < -0.39 is 7.92 Å². The molecule has 0 radical (unpaired) electrons. The van der Waals surface area contributed by atoms with Gasteiger partial charge in [-0.2, -0.15) is 0 Å². The first-order chi connectivity index (χ1) is 10.3. The lowest BCUT2D eigenvalue weighted by molar-refractivity contribution is 1.73. The molecule has 0 bridgehead atoms. The van der Waals surface area contributed by atoms with Crippen LogP contribution in [-0.4, -0.2) is 0 Å². The second kappa shape index (κ2) is 6.62. The minimum atomic E-state index is -0.670. The molecular weight excluding hydrogens is 318 g/mol. The molecule has 0 saturated carbocycles. The number of benzene rings is 3. The second-order valence-electron chi connectivity index (χ2n) is 4.60. The van der Waals surface area contributed by atoms with Crippen LogP contribution in [0.5, 0.6) is 0 Å². The van der Waals surface area contributed by atoms with Crippen LogP contribution in [0.2, 0.25) is 10.0 Å². The van der Waals surface area contributed by atoms with Crippen molar-refractivity contribution in [2.24, 2.45) is 0 Å². The molecule has 0 fully saturated rings. The van der Waals surface area contributed by atoms with Crippen LogP contribution in [-0.2, 0) is 0 Å². The predicted octanol–water partition coefficient (Wildman–Crippen LogP) is 4.75. The summed E-state index contributed by atoms with van der Waals surface area (Å²) < 4.78 is 0. The third kappa shape index (κ3) is 3.30. The molecule has 0 amide bonds. The molecular formula is C18H13Cl2P. The third-order valence-electron chi connectivity index (χ3n) is 3.18. The molecule has 0 aliphatic heterocycles. The topological polar surface area (TPSA) is 0 Å². The van der Waals surface area contributed by atoms with Gasteiger partial charge in [0.15, 0.2) is 0 Å². The van der Waals surface area contributed by atoms with Crippen molar-refractivity contribution in [2.75, 3.05) is 0 Å². The smallest absolute Gasteiger partial charge is 0.0504 e. The van der Waals surface area contributed by atoms with E-state index >= 15 is 0 Å².